The van der Waals surface area contributed by atoms with Gasteiger partial charge in [-0.25, -0.2) is 4.98 Å². The molecule has 78 valence electrons. The van der Waals surface area contributed by atoms with Crippen LogP contribution in [0, 0.1) is 0 Å². The summed E-state index contributed by atoms with van der Waals surface area (Å²) < 4.78 is 36.1. The minimum Gasteiger partial charge on any atom is -0.398 e. The van der Waals surface area contributed by atoms with Crippen LogP contribution in [-0.4, -0.2) is 16.3 Å². The normalized spacial score (nSPS) is 14.1. The van der Waals surface area contributed by atoms with E-state index in [9.17, 15) is 13.2 Å². The molecule has 0 spiro atoms. The van der Waals surface area contributed by atoms with Crippen LogP contribution in [0.3, 0.4) is 0 Å². The maximum Gasteiger partial charge on any atom is 0.418 e. The van der Waals surface area contributed by atoms with E-state index in [2.05, 4.69) is 4.98 Å². The summed E-state index contributed by atoms with van der Waals surface area (Å²) in [4.78, 5) is 3.40. The number of nitrogens with two attached hydrogens (primary N) is 1. The number of aliphatic hydroxyl groups is 1. The van der Waals surface area contributed by atoms with E-state index in [1.54, 1.807) is 0 Å². The second kappa shape index (κ2) is 3.62. The number of hydrogen-bond donors (Lipinski definition) is 2. The van der Waals surface area contributed by atoms with Crippen molar-refractivity contribution in [3.63, 3.8) is 0 Å². The molecule has 0 radical (unpaired) electrons. The first-order chi connectivity index (χ1) is 6.32. The third-order valence-corrected chi connectivity index (χ3v) is 1.75. The van der Waals surface area contributed by atoms with E-state index in [1.807, 2.05) is 0 Å². The Labute approximate surface area is 82.3 Å². The molecule has 0 fully saturated rings. The third kappa shape index (κ3) is 2.27. The van der Waals surface area contributed by atoms with Crippen LogP contribution in [0.15, 0.2) is 12.3 Å². The maximum atomic E-state index is 12.0. The van der Waals surface area contributed by atoms with E-state index < -0.39 is 17.8 Å². The maximum absolute atomic E-state index is 12.0. The lowest BCUT2D eigenvalue weighted by atomic mass is 10.1. The van der Waals surface area contributed by atoms with Crippen molar-refractivity contribution in [1.82, 2.24) is 4.98 Å². The summed E-state index contributed by atoms with van der Waals surface area (Å²) in [6.07, 6.45) is -6.59. The van der Waals surface area contributed by atoms with Crippen LogP contribution in [0.25, 0.3) is 0 Å². The Morgan fingerprint density at radius 2 is 2.07 bits per heavy atom. The molecule has 1 atom stereocenters. The van der Waals surface area contributed by atoms with Gasteiger partial charge < -0.3 is 10.8 Å². The van der Waals surface area contributed by atoms with Gasteiger partial charge in [0.15, 0.2) is 6.10 Å². The van der Waals surface area contributed by atoms with E-state index in [4.69, 9.17) is 22.4 Å². The second-order valence-corrected chi connectivity index (χ2v) is 2.97. The molecule has 1 heterocycles. The molecule has 7 heteroatoms. The minimum atomic E-state index is -4.76. The molecule has 0 aliphatic carbocycles. The summed E-state index contributed by atoms with van der Waals surface area (Å²) in [5, 5.41) is 8.81. The number of alkyl halides is 3. The largest absolute Gasteiger partial charge is 0.418 e. The van der Waals surface area contributed by atoms with E-state index >= 15 is 0 Å². The van der Waals surface area contributed by atoms with Gasteiger partial charge >= 0.3 is 6.18 Å². The fourth-order valence-electron chi connectivity index (χ4n) is 0.859. The lowest BCUT2D eigenvalue weighted by molar-refractivity contribution is -0.206. The number of pyridine rings is 1. The van der Waals surface area contributed by atoms with E-state index in [0.29, 0.717) is 0 Å². The summed E-state index contributed by atoms with van der Waals surface area (Å²) in [5.41, 5.74) is 4.50. The van der Waals surface area contributed by atoms with Crippen molar-refractivity contribution in [1.29, 1.82) is 0 Å². The molecule has 0 aliphatic heterocycles. The zero-order valence-corrected chi connectivity index (χ0v) is 7.47. The van der Waals surface area contributed by atoms with Gasteiger partial charge in [0.05, 0.1) is 0 Å². The fourth-order valence-corrected chi connectivity index (χ4v) is 1.03. The highest BCUT2D eigenvalue weighted by Crippen LogP contribution is 2.35. The molecule has 1 aromatic rings. The number of aliphatic hydroxyl groups excluding tert-OH is 1. The van der Waals surface area contributed by atoms with Gasteiger partial charge in [-0.2, -0.15) is 13.2 Å². The molecule has 0 saturated heterocycles. The van der Waals surface area contributed by atoms with Crippen LogP contribution in [0.1, 0.15) is 11.7 Å². The first-order valence-corrected chi connectivity index (χ1v) is 3.86. The highest BCUT2D eigenvalue weighted by Gasteiger charge is 2.40. The summed E-state index contributed by atoms with van der Waals surface area (Å²) in [6, 6.07) is 1.05. The Kier molecular flexibility index (Phi) is 2.86. The molecule has 3 nitrogen and oxygen atoms in total. The first kappa shape index (κ1) is 11.1. The SMILES string of the molecule is Nc1cc(Cl)ncc1C(O)C(F)(F)F. The standard InChI is InChI=1S/C7H6ClF3N2O/c8-5-1-4(12)3(2-13-5)6(14)7(9,10)11/h1-2,6,14H,(H2,12,13). The fraction of sp³-hybridized carbons (Fsp3) is 0.286. The van der Waals surface area contributed by atoms with Gasteiger partial charge in [-0.1, -0.05) is 11.6 Å². The molecule has 0 aliphatic rings. The lowest BCUT2D eigenvalue weighted by Gasteiger charge is -2.15. The quantitative estimate of drug-likeness (QED) is 0.719. The van der Waals surface area contributed by atoms with E-state index in [0.717, 1.165) is 12.3 Å². The number of halogens is 4. The Hall–Kier alpha value is -1.01. The third-order valence-electron chi connectivity index (χ3n) is 1.54. The monoisotopic (exact) mass is 226 g/mol. The van der Waals surface area contributed by atoms with Crippen LogP contribution >= 0.6 is 11.6 Å². The van der Waals surface area contributed by atoms with Gasteiger partial charge in [-0.05, 0) is 6.07 Å². The number of nitrogen functional groups attached to an aromatic ring is 1. The highest BCUT2D eigenvalue weighted by atomic mass is 35.5. The van der Waals surface area contributed by atoms with Crippen molar-refractivity contribution in [2.75, 3.05) is 5.73 Å². The number of anilines is 1. The zero-order chi connectivity index (χ0) is 10.9. The van der Waals surface area contributed by atoms with Crippen molar-refractivity contribution in [2.24, 2.45) is 0 Å². The van der Waals surface area contributed by atoms with Gasteiger partial charge in [0.25, 0.3) is 0 Å². The number of aromatic nitrogens is 1. The van der Waals surface area contributed by atoms with Crippen LogP contribution in [0.4, 0.5) is 18.9 Å². The molecule has 0 bridgehead atoms. The molecular weight excluding hydrogens is 221 g/mol. The summed E-state index contributed by atoms with van der Waals surface area (Å²) in [7, 11) is 0. The number of hydrogen-bond acceptors (Lipinski definition) is 3. The predicted octanol–water partition coefficient (Wildman–Crippen LogP) is 1.91. The molecule has 1 rings (SSSR count). The second-order valence-electron chi connectivity index (χ2n) is 2.58. The summed E-state index contributed by atoms with van der Waals surface area (Å²) in [5.74, 6) is 0. The van der Waals surface area contributed by atoms with E-state index in [1.165, 1.54) is 0 Å². The summed E-state index contributed by atoms with van der Waals surface area (Å²) in [6.45, 7) is 0. The smallest absolute Gasteiger partial charge is 0.398 e. The highest BCUT2D eigenvalue weighted by molar-refractivity contribution is 6.29. The molecule has 0 amide bonds. The predicted molar refractivity (Wildman–Crippen MR) is 44.7 cm³/mol. The topological polar surface area (TPSA) is 59.1 Å². The Bertz CT molecular complexity index is 342. The Morgan fingerprint density at radius 1 is 1.50 bits per heavy atom. The number of rotatable bonds is 1. The van der Waals surface area contributed by atoms with Gasteiger partial charge in [-0.15, -0.1) is 0 Å². The summed E-state index contributed by atoms with van der Waals surface area (Å²) >= 11 is 5.38. The average Bonchev–Trinajstić information content (AvgIpc) is 2.01. The van der Waals surface area contributed by atoms with Crippen molar-refractivity contribution < 1.29 is 18.3 Å². The van der Waals surface area contributed by atoms with Crippen molar-refractivity contribution >= 4 is 17.3 Å². The molecular formula is C7H6ClF3N2O. The average molecular weight is 227 g/mol. The van der Waals surface area contributed by atoms with Crippen molar-refractivity contribution in [2.45, 2.75) is 12.3 Å². The van der Waals surface area contributed by atoms with Gasteiger partial charge in [0.2, 0.25) is 0 Å². The first-order valence-electron chi connectivity index (χ1n) is 3.48. The minimum absolute atomic E-state index is 0.0272. The van der Waals surface area contributed by atoms with Gasteiger partial charge in [-0.3, -0.25) is 0 Å². The van der Waals surface area contributed by atoms with E-state index in [-0.39, 0.29) is 10.8 Å². The molecule has 3 N–H and O–H groups in total. The zero-order valence-electron chi connectivity index (χ0n) is 6.72. The van der Waals surface area contributed by atoms with Crippen LogP contribution in [0.2, 0.25) is 5.15 Å². The van der Waals surface area contributed by atoms with Gasteiger partial charge in [0, 0.05) is 17.4 Å². The van der Waals surface area contributed by atoms with Crippen LogP contribution in [-0.2, 0) is 0 Å². The number of nitrogens with zero attached hydrogens (tertiary/aromatic N) is 1. The molecule has 1 unspecified atom stereocenters. The Balaban J connectivity index is 3.08. The molecule has 1 aromatic heterocycles. The molecule has 0 aromatic carbocycles. The molecule has 0 saturated carbocycles. The molecule has 14 heavy (non-hydrogen) atoms. The van der Waals surface area contributed by atoms with Gasteiger partial charge in [0.1, 0.15) is 5.15 Å². The van der Waals surface area contributed by atoms with Crippen LogP contribution in [0.5, 0.6) is 0 Å². The lowest BCUT2D eigenvalue weighted by Crippen LogP contribution is -2.21. The van der Waals surface area contributed by atoms with Crippen molar-refractivity contribution in [3.8, 4) is 0 Å². The van der Waals surface area contributed by atoms with Crippen LogP contribution < -0.4 is 5.73 Å². The van der Waals surface area contributed by atoms with Crippen molar-refractivity contribution in [3.05, 3.63) is 23.0 Å². The Morgan fingerprint density at radius 3 is 2.50 bits per heavy atom.